The summed E-state index contributed by atoms with van der Waals surface area (Å²) < 4.78 is 0. The average Bonchev–Trinajstić information content (AvgIpc) is 1.64. The molecule has 12 aliphatic rings. The van der Waals surface area contributed by atoms with Gasteiger partial charge in [-0.15, -0.1) is 85.5 Å². The second-order valence-electron chi connectivity index (χ2n) is 44.9. The molecule has 826 valence electrons. The van der Waals surface area contributed by atoms with Gasteiger partial charge in [0.15, 0.2) is 0 Å². The first-order valence-electron chi connectivity index (χ1n) is 60.1. The zero-order valence-electron chi connectivity index (χ0n) is 96.0. The molecule has 0 bridgehead atoms. The Morgan fingerprint density at radius 2 is 0.542 bits per heavy atom. The monoisotopic (exact) mass is 1980 g/mol. The summed E-state index contributed by atoms with van der Waals surface area (Å²) in [6, 6.07) is 6.56. The molecule has 0 aromatic rings. The molecule has 9 N–H and O–H groups in total. The van der Waals surface area contributed by atoms with E-state index in [1.165, 1.54) is 354 Å². The predicted octanol–water partition coefficient (Wildman–Crippen LogP) is 30.9. The zero-order chi connectivity index (χ0) is 104. The van der Waals surface area contributed by atoms with E-state index in [2.05, 4.69) is 221 Å². The third kappa shape index (κ3) is 93.1. The Bertz CT molecular complexity index is 2820. The minimum Gasteiger partial charge on any atom is -0.316 e. The zero-order valence-corrected chi connectivity index (χ0v) is 96.0. The fourth-order valence-electron chi connectivity index (χ4n) is 20.3. The van der Waals surface area contributed by atoms with Crippen molar-refractivity contribution in [3.63, 3.8) is 0 Å². The second-order valence-corrected chi connectivity index (χ2v) is 44.9. The first-order chi connectivity index (χ1) is 69.3. The van der Waals surface area contributed by atoms with Gasteiger partial charge in [0.25, 0.3) is 0 Å². The van der Waals surface area contributed by atoms with Gasteiger partial charge in [-0.3, -0.25) is 0 Å². The van der Waals surface area contributed by atoms with Gasteiger partial charge >= 0.3 is 0 Å². The van der Waals surface area contributed by atoms with E-state index in [9.17, 15) is 0 Å². The van der Waals surface area contributed by atoms with Crippen LogP contribution in [0.3, 0.4) is 0 Å². The standard InChI is InChI=1S/2C12H23N.2C11H21N.C11H19N.3C10H19N.C10H21N.C9H17N.2C8H15N.C7H13N/c1-3-4-10-13(2)11-12-8-6-5-7-9-12;1-3-4-10-13-11(2)12-8-6-5-7-9-12;1-3-4-10-12(2)11-8-6-5-7-9-11;1-2-3-10-12-11-8-6-4-5-7-9-11;1-2-3-9-12-10-11-7-5-4-6-8-11;1-3-4-9-11(2)10-7-5-6-8-10;1-2-3-9-11-10-7-5-4-6-8-10;1-2-3-8-11-9-10-6-4-5-7-10;1-6-7-8-11(5)9-10(2,3)4;1-2-3-8-10-9-6-4-5-7-9;1-2-3-7-9-8-5-4-6-8;1-2-3-6-9-7-8-4-5-8;1-2-3-6-8-7-4-5-7/h3,12H,1,4-11H2,2H3;3,11-13H,1,4-10H2,2H3;3,11H,1,4-10H2,2H3;2,11-12H,1,3-10H2;2,4-5,11-12H,1,3,6-10H2;3,10H,1,4-9H2,2H3;2*2,10-11H,1,3-9H2;6H,1,7-9H2,2-5H3;2,9-10H,1,3-8H2;2*2,8-9H,1,3-7H2;2,7-8H,1,3-6H2. The molecule has 142 heavy (non-hydrogen) atoms. The Balaban J connectivity index is 0.00000152. The summed E-state index contributed by atoms with van der Waals surface area (Å²) in [5.74, 6) is 4.76. The van der Waals surface area contributed by atoms with Crippen molar-refractivity contribution in [3.05, 3.63) is 177 Å². The maximum absolute atomic E-state index is 3.75. The summed E-state index contributed by atoms with van der Waals surface area (Å²) in [7, 11) is 8.88. The Morgan fingerprint density at radius 1 is 0.268 bits per heavy atom. The normalized spacial score (nSPS) is 19.2. The molecule has 11 saturated carbocycles. The van der Waals surface area contributed by atoms with Crippen molar-refractivity contribution in [3.8, 4) is 0 Å². The van der Waals surface area contributed by atoms with E-state index in [1.54, 1.807) is 0 Å². The van der Waals surface area contributed by atoms with Gasteiger partial charge in [-0.1, -0.05) is 260 Å². The highest BCUT2D eigenvalue weighted by atomic mass is 15.1. The van der Waals surface area contributed by atoms with Crippen molar-refractivity contribution in [2.45, 2.75) is 468 Å². The molecule has 0 spiro atoms. The molecule has 0 aromatic heterocycles. The smallest absolute Gasteiger partial charge is 0.00923 e. The highest BCUT2D eigenvalue weighted by Gasteiger charge is 2.25. The van der Waals surface area contributed by atoms with Gasteiger partial charge in [-0.05, 0) is 393 Å². The summed E-state index contributed by atoms with van der Waals surface area (Å²) in [6.45, 7) is 78.0. The minimum atomic E-state index is 0.413. The minimum absolute atomic E-state index is 0.413. The highest BCUT2D eigenvalue weighted by molar-refractivity contribution is 4.92. The number of nitrogens with one attached hydrogen (secondary N) is 9. The number of allylic oxidation sites excluding steroid dienone is 2. The van der Waals surface area contributed by atoms with E-state index in [0.717, 1.165) is 227 Å². The third-order valence-electron chi connectivity index (χ3n) is 30.0. The maximum Gasteiger partial charge on any atom is 0.00923 e. The Morgan fingerprint density at radius 3 is 0.873 bits per heavy atom. The molecule has 2 unspecified atom stereocenters. The molecule has 0 heterocycles. The van der Waals surface area contributed by atoms with Gasteiger partial charge < -0.3 is 67.5 Å². The summed E-state index contributed by atoms with van der Waals surface area (Å²) in [4.78, 5) is 9.79. The topological polar surface area (TPSA) is 121 Å². The second kappa shape index (κ2) is 104. The van der Waals surface area contributed by atoms with Crippen LogP contribution >= 0.6 is 0 Å². The molecule has 13 heteroatoms. The number of hydrogen-bond donors (Lipinski definition) is 9. The van der Waals surface area contributed by atoms with Crippen LogP contribution in [0.4, 0.5) is 0 Å². The van der Waals surface area contributed by atoms with Crippen molar-refractivity contribution in [2.24, 2.45) is 35.0 Å². The van der Waals surface area contributed by atoms with Crippen LogP contribution < -0.4 is 47.9 Å². The van der Waals surface area contributed by atoms with E-state index in [1.807, 2.05) is 79.0 Å². The highest BCUT2D eigenvalue weighted by Crippen LogP contribution is 2.31. The SMILES string of the molecule is C=CCCN(C)C1CCCC1.C=CCCN(C)C1CCCCC1.C=CCCN(C)CC(C)(C)C.C=CCCN(C)CC1CCCCC1.C=CCCNC(C)C1CCCCC1.C=CCCNC1CC1.C=CCCNC1CCC1.C=CCCNC1CCCC1.C=CCCNC1CCCCC1.C=CCCNC1CCCCCC1.C=CCCNCC1CC1.C=CCCNCC1CC=CCC1.C=CCCNCC1CCCC1. The van der Waals surface area contributed by atoms with Gasteiger partial charge in [-0.2, -0.15) is 0 Å². The van der Waals surface area contributed by atoms with Crippen molar-refractivity contribution in [1.29, 1.82) is 0 Å². The summed E-state index contributed by atoms with van der Waals surface area (Å²) in [6.07, 6.45) is 113. The molecule has 12 rings (SSSR count). The predicted molar refractivity (Wildman–Crippen MR) is 643 cm³/mol. The molecule has 0 amide bonds. The molecule has 0 aliphatic heterocycles. The molecule has 11 fully saturated rings. The van der Waals surface area contributed by atoms with Crippen molar-refractivity contribution < 1.29 is 0 Å². The van der Waals surface area contributed by atoms with Gasteiger partial charge in [0.2, 0.25) is 0 Å². The van der Waals surface area contributed by atoms with E-state index >= 15 is 0 Å². The van der Waals surface area contributed by atoms with Crippen molar-refractivity contribution >= 4 is 0 Å². The molecule has 13 nitrogen and oxygen atoms in total. The van der Waals surface area contributed by atoms with E-state index in [4.69, 9.17) is 0 Å². The first-order valence-corrected chi connectivity index (χ1v) is 60.1. The third-order valence-corrected chi connectivity index (χ3v) is 30.0. The van der Waals surface area contributed by atoms with E-state index < -0.39 is 0 Å². The Kier molecular flexibility index (Phi) is 101. The lowest BCUT2D eigenvalue weighted by molar-refractivity contribution is 0.195. The van der Waals surface area contributed by atoms with Gasteiger partial charge in [0, 0.05) is 87.6 Å². The molecule has 0 aromatic carbocycles. The van der Waals surface area contributed by atoms with Crippen LogP contribution in [0, 0.1) is 35.0 Å². The van der Waals surface area contributed by atoms with Crippen molar-refractivity contribution in [1.82, 2.24) is 67.5 Å². The van der Waals surface area contributed by atoms with Crippen LogP contribution in [0.2, 0.25) is 0 Å². The largest absolute Gasteiger partial charge is 0.316 e. The van der Waals surface area contributed by atoms with Crippen LogP contribution in [-0.4, -0.2) is 214 Å². The lowest BCUT2D eigenvalue weighted by Crippen LogP contribution is -2.35. The number of nitrogens with zero attached hydrogens (tertiary/aromatic N) is 4. The summed E-state index contributed by atoms with van der Waals surface area (Å²) >= 11 is 0. The number of rotatable bonds is 57. The summed E-state index contributed by atoms with van der Waals surface area (Å²) in [5, 5.41) is 31.4. The van der Waals surface area contributed by atoms with Crippen LogP contribution in [0.15, 0.2) is 177 Å². The van der Waals surface area contributed by atoms with Gasteiger partial charge in [0.1, 0.15) is 0 Å². The number of hydrogen-bond acceptors (Lipinski definition) is 13. The van der Waals surface area contributed by atoms with Gasteiger partial charge in [0.05, 0.1) is 0 Å². The van der Waals surface area contributed by atoms with Crippen LogP contribution in [0.25, 0.3) is 0 Å². The molecule has 2 atom stereocenters. The Hall–Kier alpha value is -4.16. The Labute approximate surface area is 887 Å². The fourth-order valence-corrected chi connectivity index (χ4v) is 20.3. The van der Waals surface area contributed by atoms with Crippen molar-refractivity contribution in [2.75, 3.05) is 146 Å². The molecular formula is C129H245N13. The van der Waals surface area contributed by atoms with Crippen LogP contribution in [-0.2, 0) is 0 Å². The van der Waals surface area contributed by atoms with Gasteiger partial charge in [-0.25, -0.2) is 0 Å². The summed E-state index contributed by atoms with van der Waals surface area (Å²) in [5.41, 5.74) is 0.413. The van der Waals surface area contributed by atoms with E-state index in [0.29, 0.717) is 11.5 Å². The maximum atomic E-state index is 3.75. The quantitative estimate of drug-likeness (QED) is 0.0163. The fraction of sp³-hybridized carbons (Fsp3) is 0.783. The average molecular weight is 1980 g/mol. The first kappa shape index (κ1) is 138. The lowest BCUT2D eigenvalue weighted by atomic mass is 9.84. The molecule has 0 radical (unpaired) electrons. The molecule has 12 aliphatic carbocycles. The van der Waals surface area contributed by atoms with Crippen LogP contribution in [0.5, 0.6) is 0 Å². The van der Waals surface area contributed by atoms with Crippen LogP contribution in [0.1, 0.15) is 419 Å². The van der Waals surface area contributed by atoms with E-state index in [-0.39, 0.29) is 0 Å². The molecular weight excluding hydrogens is 1730 g/mol. The molecule has 0 saturated heterocycles. The lowest BCUT2D eigenvalue weighted by Gasteiger charge is -2.30.